The Morgan fingerprint density at radius 2 is 2.22 bits per heavy atom. The minimum Gasteiger partial charge on any atom is -0.326 e. The zero-order chi connectivity index (χ0) is 15.7. The molecule has 7 heteroatoms. The molecule has 1 saturated heterocycles. The summed E-state index contributed by atoms with van der Waals surface area (Å²) in [7, 11) is 1.86. The third-order valence-electron chi connectivity index (χ3n) is 4.13. The molecule has 0 aliphatic carbocycles. The molecular formula is C16H20ClFN4O. The molecule has 0 radical (unpaired) electrons. The van der Waals surface area contributed by atoms with Crippen molar-refractivity contribution in [3.8, 4) is 0 Å². The van der Waals surface area contributed by atoms with Crippen LogP contribution in [0.5, 0.6) is 0 Å². The summed E-state index contributed by atoms with van der Waals surface area (Å²) in [5, 5.41) is 10.3. The Bertz CT molecular complexity index is 703. The van der Waals surface area contributed by atoms with Crippen LogP contribution in [0.3, 0.4) is 0 Å². The van der Waals surface area contributed by atoms with Crippen LogP contribution < -0.4 is 10.6 Å². The Balaban J connectivity index is 0.00000192. The van der Waals surface area contributed by atoms with Crippen molar-refractivity contribution in [2.24, 2.45) is 13.0 Å². The topological polar surface area (TPSA) is 59.0 Å². The molecule has 5 nitrogen and oxygen atoms in total. The minimum atomic E-state index is -0.270. The number of nitrogens with zero attached hydrogens (tertiary/aromatic N) is 2. The summed E-state index contributed by atoms with van der Waals surface area (Å²) in [5.41, 5.74) is 2.20. The molecule has 1 aromatic carbocycles. The number of aromatic nitrogens is 2. The van der Waals surface area contributed by atoms with E-state index in [1.54, 1.807) is 29.9 Å². The van der Waals surface area contributed by atoms with E-state index in [0.29, 0.717) is 17.8 Å². The molecule has 2 N–H and O–H groups in total. The van der Waals surface area contributed by atoms with E-state index in [1.807, 2.05) is 13.2 Å². The van der Waals surface area contributed by atoms with Gasteiger partial charge in [-0.2, -0.15) is 5.10 Å². The number of carbonyl (C=O) groups is 1. The van der Waals surface area contributed by atoms with E-state index in [1.165, 1.54) is 6.07 Å². The van der Waals surface area contributed by atoms with Gasteiger partial charge in [-0.3, -0.25) is 9.48 Å². The number of anilines is 1. The molecule has 1 amide bonds. The first-order valence-corrected chi connectivity index (χ1v) is 7.31. The SMILES string of the molecule is Cc1cc(NC(=O)[C@H]2CNC[C@@H]2c2cnn(C)c2)ccc1F.Cl. The van der Waals surface area contributed by atoms with Crippen LogP contribution in [0.25, 0.3) is 0 Å². The van der Waals surface area contributed by atoms with Crippen LogP contribution in [-0.4, -0.2) is 28.8 Å². The molecule has 2 heterocycles. The maximum absolute atomic E-state index is 13.3. The van der Waals surface area contributed by atoms with Crippen molar-refractivity contribution in [3.63, 3.8) is 0 Å². The Labute approximate surface area is 140 Å². The second kappa shape index (κ2) is 7.10. The average Bonchev–Trinajstić information content (AvgIpc) is 3.11. The van der Waals surface area contributed by atoms with Gasteiger partial charge in [-0.1, -0.05) is 0 Å². The molecule has 1 aromatic heterocycles. The first-order chi connectivity index (χ1) is 10.5. The molecule has 0 unspecified atom stereocenters. The van der Waals surface area contributed by atoms with Gasteiger partial charge in [0.15, 0.2) is 0 Å². The largest absolute Gasteiger partial charge is 0.326 e. The van der Waals surface area contributed by atoms with E-state index in [0.717, 1.165) is 12.1 Å². The standard InChI is InChI=1S/C16H19FN4O.ClH/c1-10-5-12(3-4-15(10)17)20-16(22)14-8-18-7-13(14)11-6-19-21(2)9-11;/h3-6,9,13-14,18H,7-8H2,1-2H3,(H,20,22);1H/t13-,14+;/m1./s1. The smallest absolute Gasteiger partial charge is 0.229 e. The molecule has 124 valence electrons. The van der Waals surface area contributed by atoms with Crippen LogP contribution in [0, 0.1) is 18.7 Å². The molecule has 0 saturated carbocycles. The van der Waals surface area contributed by atoms with Gasteiger partial charge in [-0.15, -0.1) is 12.4 Å². The first kappa shape index (κ1) is 17.4. The van der Waals surface area contributed by atoms with Crippen molar-refractivity contribution < 1.29 is 9.18 Å². The van der Waals surface area contributed by atoms with E-state index in [4.69, 9.17) is 0 Å². The van der Waals surface area contributed by atoms with Gasteiger partial charge in [-0.25, -0.2) is 4.39 Å². The van der Waals surface area contributed by atoms with Gasteiger partial charge >= 0.3 is 0 Å². The van der Waals surface area contributed by atoms with E-state index in [-0.39, 0.29) is 36.0 Å². The highest BCUT2D eigenvalue weighted by molar-refractivity contribution is 5.93. The predicted octanol–water partition coefficient (Wildman–Crippen LogP) is 2.23. The second-order valence-electron chi connectivity index (χ2n) is 5.77. The molecule has 3 rings (SSSR count). The van der Waals surface area contributed by atoms with Gasteiger partial charge in [0.25, 0.3) is 0 Å². The molecule has 1 fully saturated rings. The number of amides is 1. The number of nitrogens with one attached hydrogen (secondary N) is 2. The number of hydrogen-bond donors (Lipinski definition) is 2. The summed E-state index contributed by atoms with van der Waals surface area (Å²) < 4.78 is 15.0. The van der Waals surface area contributed by atoms with Gasteiger partial charge in [0, 0.05) is 37.9 Å². The maximum atomic E-state index is 13.3. The highest BCUT2D eigenvalue weighted by Crippen LogP contribution is 2.29. The predicted molar refractivity (Wildman–Crippen MR) is 89.3 cm³/mol. The lowest BCUT2D eigenvalue weighted by Crippen LogP contribution is -2.28. The summed E-state index contributed by atoms with van der Waals surface area (Å²) in [6.45, 7) is 3.07. The monoisotopic (exact) mass is 338 g/mol. The highest BCUT2D eigenvalue weighted by Gasteiger charge is 2.34. The normalized spacial score (nSPS) is 20.1. The maximum Gasteiger partial charge on any atom is 0.229 e. The number of halogens is 2. The number of hydrogen-bond acceptors (Lipinski definition) is 3. The molecule has 0 bridgehead atoms. The van der Waals surface area contributed by atoms with Crippen LogP contribution in [0.1, 0.15) is 17.0 Å². The molecule has 2 aromatic rings. The lowest BCUT2D eigenvalue weighted by Gasteiger charge is -2.17. The summed E-state index contributed by atoms with van der Waals surface area (Å²) in [6.07, 6.45) is 3.75. The highest BCUT2D eigenvalue weighted by atomic mass is 35.5. The van der Waals surface area contributed by atoms with Crippen LogP contribution >= 0.6 is 12.4 Å². The first-order valence-electron chi connectivity index (χ1n) is 7.31. The van der Waals surface area contributed by atoms with Crippen LogP contribution in [-0.2, 0) is 11.8 Å². The minimum absolute atomic E-state index is 0. The van der Waals surface area contributed by atoms with Crippen molar-refractivity contribution in [3.05, 3.63) is 47.5 Å². The second-order valence-corrected chi connectivity index (χ2v) is 5.77. The fourth-order valence-electron chi connectivity index (χ4n) is 2.89. The van der Waals surface area contributed by atoms with E-state index >= 15 is 0 Å². The molecule has 1 aliphatic heterocycles. The Kier molecular flexibility index (Phi) is 5.38. The molecular weight excluding hydrogens is 319 g/mol. The van der Waals surface area contributed by atoms with Crippen molar-refractivity contribution in [1.29, 1.82) is 0 Å². The Hall–Kier alpha value is -1.92. The lowest BCUT2D eigenvalue weighted by molar-refractivity contribution is -0.119. The van der Waals surface area contributed by atoms with Crippen molar-refractivity contribution in [2.75, 3.05) is 18.4 Å². The van der Waals surface area contributed by atoms with Gasteiger partial charge in [0.05, 0.1) is 12.1 Å². The third-order valence-corrected chi connectivity index (χ3v) is 4.13. The number of benzene rings is 1. The van der Waals surface area contributed by atoms with Gasteiger partial charge in [-0.05, 0) is 36.2 Å². The van der Waals surface area contributed by atoms with Gasteiger partial charge in [0.2, 0.25) is 5.91 Å². The van der Waals surface area contributed by atoms with Crippen LogP contribution in [0.2, 0.25) is 0 Å². The van der Waals surface area contributed by atoms with Gasteiger partial charge < -0.3 is 10.6 Å². The van der Waals surface area contributed by atoms with Crippen molar-refractivity contribution >= 4 is 24.0 Å². The van der Waals surface area contributed by atoms with Crippen molar-refractivity contribution in [2.45, 2.75) is 12.8 Å². The van der Waals surface area contributed by atoms with Crippen LogP contribution in [0.4, 0.5) is 10.1 Å². The number of rotatable bonds is 3. The molecule has 2 atom stereocenters. The quantitative estimate of drug-likeness (QED) is 0.902. The van der Waals surface area contributed by atoms with Gasteiger partial charge in [0.1, 0.15) is 5.82 Å². The fraction of sp³-hybridized carbons (Fsp3) is 0.375. The fourth-order valence-corrected chi connectivity index (χ4v) is 2.89. The lowest BCUT2D eigenvalue weighted by atomic mass is 9.90. The third kappa shape index (κ3) is 3.71. The van der Waals surface area contributed by atoms with Crippen molar-refractivity contribution in [1.82, 2.24) is 15.1 Å². The summed E-state index contributed by atoms with van der Waals surface area (Å²) >= 11 is 0. The zero-order valence-electron chi connectivity index (χ0n) is 13.0. The molecule has 23 heavy (non-hydrogen) atoms. The molecule has 0 spiro atoms. The number of aryl methyl sites for hydroxylation is 2. The summed E-state index contributed by atoms with van der Waals surface area (Å²) in [6, 6.07) is 4.60. The van der Waals surface area contributed by atoms with E-state index < -0.39 is 0 Å². The Morgan fingerprint density at radius 3 is 2.87 bits per heavy atom. The molecule has 1 aliphatic rings. The summed E-state index contributed by atoms with van der Waals surface area (Å²) in [5.74, 6) is -0.372. The zero-order valence-corrected chi connectivity index (χ0v) is 13.9. The number of carbonyl (C=O) groups excluding carboxylic acids is 1. The average molecular weight is 339 g/mol. The Morgan fingerprint density at radius 1 is 1.43 bits per heavy atom. The van der Waals surface area contributed by atoms with E-state index in [2.05, 4.69) is 15.7 Å². The summed E-state index contributed by atoms with van der Waals surface area (Å²) in [4.78, 5) is 12.5. The van der Waals surface area contributed by atoms with E-state index in [9.17, 15) is 9.18 Å². The van der Waals surface area contributed by atoms with Crippen LogP contribution in [0.15, 0.2) is 30.6 Å².